The van der Waals surface area contributed by atoms with Gasteiger partial charge < -0.3 is 9.64 Å². The van der Waals surface area contributed by atoms with E-state index in [0.29, 0.717) is 18.5 Å². The van der Waals surface area contributed by atoms with Crippen LogP contribution in [-0.2, 0) is 20.0 Å². The molecule has 7 heteroatoms. The Morgan fingerprint density at radius 1 is 1.17 bits per heavy atom. The topological polar surface area (TPSA) is 66.9 Å². The summed E-state index contributed by atoms with van der Waals surface area (Å²) in [5.41, 5.74) is 1.84. The summed E-state index contributed by atoms with van der Waals surface area (Å²) in [6.45, 7) is 11.3. The Hall–Kier alpha value is -1.44. The van der Waals surface area contributed by atoms with Gasteiger partial charge in [-0.05, 0) is 36.0 Å². The first-order valence-electron chi connectivity index (χ1n) is 10.6. The molecule has 1 amide bonds. The quantitative estimate of drug-likeness (QED) is 0.704. The van der Waals surface area contributed by atoms with Gasteiger partial charge in [0.1, 0.15) is 0 Å². The van der Waals surface area contributed by atoms with Crippen LogP contribution in [0.5, 0.6) is 0 Å². The molecule has 2 saturated heterocycles. The zero-order valence-electron chi connectivity index (χ0n) is 17.9. The minimum atomic E-state index is -3.05. The molecule has 6 nitrogen and oxygen atoms in total. The maximum Gasteiger partial charge on any atom is 0.254 e. The summed E-state index contributed by atoms with van der Waals surface area (Å²) in [4.78, 5) is 17.4. The van der Waals surface area contributed by atoms with Crippen LogP contribution in [-0.4, -0.2) is 81.1 Å². The highest BCUT2D eigenvalue weighted by atomic mass is 32.2. The summed E-state index contributed by atoms with van der Waals surface area (Å²) >= 11 is 0. The van der Waals surface area contributed by atoms with Crippen molar-refractivity contribution in [1.82, 2.24) is 9.80 Å². The predicted octanol–water partition coefficient (Wildman–Crippen LogP) is 2.34. The number of hydrogen-bond acceptors (Lipinski definition) is 5. The van der Waals surface area contributed by atoms with E-state index < -0.39 is 9.84 Å². The fraction of sp³-hybridized carbons (Fsp3) is 0.682. The van der Waals surface area contributed by atoms with Gasteiger partial charge in [0.2, 0.25) is 0 Å². The van der Waals surface area contributed by atoms with Crippen LogP contribution in [0.25, 0.3) is 0 Å². The summed E-state index contributed by atoms with van der Waals surface area (Å²) in [7, 11) is -3.05. The van der Waals surface area contributed by atoms with Crippen molar-refractivity contribution in [3.63, 3.8) is 0 Å². The van der Waals surface area contributed by atoms with E-state index in [4.69, 9.17) is 4.74 Å². The van der Waals surface area contributed by atoms with Crippen molar-refractivity contribution >= 4 is 15.7 Å². The van der Waals surface area contributed by atoms with Crippen LogP contribution in [0, 0.1) is 0 Å². The van der Waals surface area contributed by atoms with E-state index in [1.807, 2.05) is 24.3 Å². The van der Waals surface area contributed by atoms with Gasteiger partial charge in [-0.1, -0.05) is 32.9 Å². The van der Waals surface area contributed by atoms with E-state index in [1.54, 1.807) is 4.90 Å². The molecule has 2 heterocycles. The van der Waals surface area contributed by atoms with E-state index in [9.17, 15) is 13.2 Å². The molecule has 29 heavy (non-hydrogen) atoms. The van der Waals surface area contributed by atoms with E-state index in [0.717, 1.165) is 39.3 Å². The third-order valence-corrected chi connectivity index (χ3v) is 7.64. The van der Waals surface area contributed by atoms with Crippen LogP contribution in [0.2, 0.25) is 0 Å². The van der Waals surface area contributed by atoms with Crippen LogP contribution < -0.4 is 0 Å². The van der Waals surface area contributed by atoms with E-state index in [1.165, 1.54) is 5.56 Å². The van der Waals surface area contributed by atoms with Crippen molar-refractivity contribution < 1.29 is 17.9 Å². The molecule has 2 fully saturated rings. The molecule has 0 N–H and O–H groups in total. The fourth-order valence-electron chi connectivity index (χ4n) is 4.04. The third kappa shape index (κ3) is 6.03. The molecule has 162 valence electrons. The van der Waals surface area contributed by atoms with Crippen molar-refractivity contribution in [2.24, 2.45) is 0 Å². The maximum atomic E-state index is 13.3. The fourth-order valence-corrected chi connectivity index (χ4v) is 5.77. The first kappa shape index (κ1) is 22.2. The Kier molecular flexibility index (Phi) is 7.02. The smallest absolute Gasteiger partial charge is 0.254 e. The first-order chi connectivity index (χ1) is 13.7. The highest BCUT2D eigenvalue weighted by Crippen LogP contribution is 2.24. The highest BCUT2D eigenvalue weighted by Gasteiger charge is 2.35. The lowest BCUT2D eigenvalue weighted by atomic mass is 9.86. The van der Waals surface area contributed by atoms with Crippen molar-refractivity contribution in [3.8, 4) is 0 Å². The molecule has 0 spiro atoms. The maximum absolute atomic E-state index is 13.3. The Bertz CT molecular complexity index is 793. The van der Waals surface area contributed by atoms with Gasteiger partial charge in [0.25, 0.3) is 5.91 Å². The van der Waals surface area contributed by atoms with Gasteiger partial charge in [-0.3, -0.25) is 9.69 Å². The molecule has 2 aliphatic heterocycles. The molecule has 0 saturated carbocycles. The van der Waals surface area contributed by atoms with Gasteiger partial charge in [-0.25, -0.2) is 8.42 Å². The lowest BCUT2D eigenvalue weighted by Gasteiger charge is -2.31. The third-order valence-electron chi connectivity index (χ3n) is 5.88. The molecule has 3 rings (SSSR count). The predicted molar refractivity (Wildman–Crippen MR) is 115 cm³/mol. The molecule has 1 aromatic rings. The van der Waals surface area contributed by atoms with Gasteiger partial charge in [-0.2, -0.15) is 0 Å². The number of amides is 1. The number of rotatable bonds is 6. The monoisotopic (exact) mass is 422 g/mol. The largest absolute Gasteiger partial charge is 0.379 e. The van der Waals surface area contributed by atoms with Gasteiger partial charge >= 0.3 is 0 Å². The second kappa shape index (κ2) is 9.14. The van der Waals surface area contributed by atoms with Gasteiger partial charge in [0.15, 0.2) is 9.84 Å². The molecule has 0 aromatic heterocycles. The van der Waals surface area contributed by atoms with Crippen molar-refractivity contribution in [3.05, 3.63) is 35.4 Å². The summed E-state index contributed by atoms with van der Waals surface area (Å²) in [6.07, 6.45) is 1.37. The van der Waals surface area contributed by atoms with Crippen molar-refractivity contribution in [2.75, 3.05) is 50.9 Å². The Morgan fingerprint density at radius 3 is 2.38 bits per heavy atom. The number of benzene rings is 1. The van der Waals surface area contributed by atoms with E-state index in [2.05, 4.69) is 25.7 Å². The lowest BCUT2D eigenvalue weighted by molar-refractivity contribution is 0.0349. The van der Waals surface area contributed by atoms with Gasteiger partial charge in [0, 0.05) is 37.8 Å². The second-order valence-electron chi connectivity index (χ2n) is 9.19. The minimum absolute atomic E-state index is 0.0267. The van der Waals surface area contributed by atoms with Crippen LogP contribution in [0.15, 0.2) is 24.3 Å². The van der Waals surface area contributed by atoms with Crippen LogP contribution in [0.1, 0.15) is 49.5 Å². The molecule has 0 aliphatic carbocycles. The minimum Gasteiger partial charge on any atom is -0.379 e. The number of carbonyl (C=O) groups excluding carboxylic acids is 1. The average molecular weight is 423 g/mol. The number of morpholine rings is 1. The molecule has 2 aliphatic rings. The Morgan fingerprint density at radius 2 is 1.83 bits per heavy atom. The molecular formula is C22H34N2O4S. The van der Waals surface area contributed by atoms with Gasteiger partial charge in [0.05, 0.1) is 24.7 Å². The number of nitrogens with zero attached hydrogens (tertiary/aromatic N) is 2. The first-order valence-corrected chi connectivity index (χ1v) is 12.4. The van der Waals surface area contributed by atoms with E-state index >= 15 is 0 Å². The molecule has 1 aromatic carbocycles. The average Bonchev–Trinajstić information content (AvgIpc) is 3.04. The van der Waals surface area contributed by atoms with Gasteiger partial charge in [-0.15, -0.1) is 0 Å². The lowest BCUT2D eigenvalue weighted by Crippen LogP contribution is -2.43. The van der Waals surface area contributed by atoms with Crippen LogP contribution in [0.4, 0.5) is 0 Å². The van der Waals surface area contributed by atoms with E-state index in [-0.39, 0.29) is 28.9 Å². The normalized spacial score (nSPS) is 22.5. The summed E-state index contributed by atoms with van der Waals surface area (Å²) < 4.78 is 29.4. The number of sulfone groups is 1. The molecular weight excluding hydrogens is 388 g/mol. The van der Waals surface area contributed by atoms with Crippen molar-refractivity contribution in [1.29, 1.82) is 0 Å². The standard InChI is InChI=1S/C22H34N2O4S/c1-22(2,3)19-7-5-18(6-8-19)21(25)24(20-9-16-29(26,27)17-20)11-4-10-23-12-14-28-15-13-23/h5-8,20H,4,9-17H2,1-3H3. The zero-order valence-corrected chi connectivity index (χ0v) is 18.7. The van der Waals surface area contributed by atoms with Crippen LogP contribution in [0.3, 0.4) is 0 Å². The Balaban J connectivity index is 1.70. The number of hydrogen-bond donors (Lipinski definition) is 0. The summed E-state index contributed by atoms with van der Waals surface area (Å²) in [5.74, 6) is 0.194. The number of ether oxygens (including phenoxy) is 1. The summed E-state index contributed by atoms with van der Waals surface area (Å²) in [5, 5.41) is 0. The second-order valence-corrected chi connectivity index (χ2v) is 11.4. The zero-order chi connectivity index (χ0) is 21.1. The SMILES string of the molecule is CC(C)(C)c1ccc(C(=O)N(CCCN2CCOCC2)C2CCS(=O)(=O)C2)cc1. The van der Waals surface area contributed by atoms with Crippen LogP contribution >= 0.6 is 0 Å². The molecule has 0 radical (unpaired) electrons. The molecule has 1 unspecified atom stereocenters. The molecule has 0 bridgehead atoms. The molecule has 1 atom stereocenters. The summed E-state index contributed by atoms with van der Waals surface area (Å²) in [6, 6.07) is 7.54. The Labute approximate surface area is 175 Å². The highest BCUT2D eigenvalue weighted by molar-refractivity contribution is 7.91. The number of carbonyl (C=O) groups is 1. The van der Waals surface area contributed by atoms with Crippen molar-refractivity contribution in [2.45, 2.75) is 45.1 Å².